The minimum absolute atomic E-state index is 0.0116. The third-order valence-electron chi connectivity index (χ3n) is 4.51. The molecule has 1 aromatic carbocycles. The van der Waals surface area contributed by atoms with E-state index in [1.165, 1.54) is 11.8 Å². The van der Waals surface area contributed by atoms with Gasteiger partial charge in [0, 0.05) is 11.6 Å². The summed E-state index contributed by atoms with van der Waals surface area (Å²) in [6.45, 7) is 0.948. The van der Waals surface area contributed by atoms with Crippen molar-refractivity contribution in [1.82, 2.24) is 14.9 Å². The molecular weight excluding hydrogens is 386 g/mol. The summed E-state index contributed by atoms with van der Waals surface area (Å²) in [4.78, 5) is 30.1. The zero-order chi connectivity index (χ0) is 18.8. The number of amides is 1. The number of halogens is 1. The summed E-state index contributed by atoms with van der Waals surface area (Å²) in [5.41, 5.74) is 0.351. The fourth-order valence-corrected chi connectivity index (χ4v) is 4.43. The first-order chi connectivity index (χ1) is 13.1. The SMILES string of the molecule is O=C1NCCCCC1Sc1nc2cc(Cl)ccc2c(=O)n1Cc1ccco1. The van der Waals surface area contributed by atoms with Crippen LogP contribution in [0.25, 0.3) is 10.9 Å². The predicted molar refractivity (Wildman–Crippen MR) is 105 cm³/mol. The van der Waals surface area contributed by atoms with Gasteiger partial charge in [0.15, 0.2) is 5.16 Å². The first-order valence-electron chi connectivity index (χ1n) is 8.78. The van der Waals surface area contributed by atoms with Crippen molar-refractivity contribution in [3.05, 3.63) is 57.7 Å². The molecule has 1 aliphatic rings. The molecule has 1 fully saturated rings. The van der Waals surface area contributed by atoms with Crippen molar-refractivity contribution in [2.24, 2.45) is 0 Å². The largest absolute Gasteiger partial charge is 0.467 e. The van der Waals surface area contributed by atoms with Crippen LogP contribution in [0, 0.1) is 0 Å². The van der Waals surface area contributed by atoms with Crippen molar-refractivity contribution >= 4 is 40.2 Å². The first-order valence-corrected chi connectivity index (χ1v) is 10.0. The fourth-order valence-electron chi connectivity index (χ4n) is 3.11. The lowest BCUT2D eigenvalue weighted by Crippen LogP contribution is -2.32. The molecule has 1 aliphatic heterocycles. The Labute approximate surface area is 164 Å². The number of hydrogen-bond acceptors (Lipinski definition) is 5. The molecular formula is C19H18ClN3O3S. The number of thioether (sulfide) groups is 1. The van der Waals surface area contributed by atoms with Crippen LogP contribution in [0.1, 0.15) is 25.0 Å². The summed E-state index contributed by atoms with van der Waals surface area (Å²) in [6, 6.07) is 8.62. The van der Waals surface area contributed by atoms with E-state index in [0.29, 0.717) is 33.4 Å². The van der Waals surface area contributed by atoms with Gasteiger partial charge in [0.05, 0.1) is 29.0 Å². The number of furan rings is 1. The molecule has 1 unspecified atom stereocenters. The summed E-state index contributed by atoms with van der Waals surface area (Å²) >= 11 is 7.40. The number of rotatable bonds is 4. The van der Waals surface area contributed by atoms with Crippen LogP contribution in [0.2, 0.25) is 5.02 Å². The van der Waals surface area contributed by atoms with Gasteiger partial charge in [-0.1, -0.05) is 29.8 Å². The molecule has 8 heteroatoms. The Balaban J connectivity index is 1.80. The molecule has 6 nitrogen and oxygen atoms in total. The minimum atomic E-state index is -0.279. The van der Waals surface area contributed by atoms with Gasteiger partial charge in [0.2, 0.25) is 5.91 Å². The van der Waals surface area contributed by atoms with Crippen LogP contribution in [0.4, 0.5) is 0 Å². The highest BCUT2D eigenvalue weighted by atomic mass is 35.5. The van der Waals surface area contributed by atoms with E-state index < -0.39 is 0 Å². The van der Waals surface area contributed by atoms with E-state index in [1.54, 1.807) is 35.1 Å². The molecule has 0 spiro atoms. The smallest absolute Gasteiger partial charge is 0.262 e. The number of hydrogen-bond donors (Lipinski definition) is 1. The van der Waals surface area contributed by atoms with Crippen molar-refractivity contribution in [3.8, 4) is 0 Å². The second-order valence-electron chi connectivity index (χ2n) is 6.42. The zero-order valence-electron chi connectivity index (χ0n) is 14.5. The van der Waals surface area contributed by atoms with Gasteiger partial charge in [0.25, 0.3) is 5.56 Å². The van der Waals surface area contributed by atoms with E-state index in [4.69, 9.17) is 16.0 Å². The molecule has 3 aromatic rings. The van der Waals surface area contributed by atoms with E-state index >= 15 is 0 Å². The summed E-state index contributed by atoms with van der Waals surface area (Å²) in [6.07, 6.45) is 4.24. The van der Waals surface area contributed by atoms with Gasteiger partial charge in [-0.05, 0) is 43.2 Å². The third kappa shape index (κ3) is 3.89. The standard InChI is InChI=1S/C19H18ClN3O3S/c20-12-6-7-14-15(10-12)22-19(27-16-5-1-2-8-21-17(16)24)23(18(14)25)11-13-4-3-9-26-13/h3-4,6-7,9-10,16H,1-2,5,8,11H2,(H,21,24). The maximum absolute atomic E-state index is 13.1. The van der Waals surface area contributed by atoms with Gasteiger partial charge in [-0.3, -0.25) is 14.2 Å². The predicted octanol–water partition coefficient (Wildman–Crippen LogP) is 3.45. The van der Waals surface area contributed by atoms with E-state index in [1.807, 2.05) is 6.07 Å². The molecule has 1 atom stereocenters. The Hall–Kier alpha value is -2.25. The minimum Gasteiger partial charge on any atom is -0.467 e. The second-order valence-corrected chi connectivity index (χ2v) is 8.03. The maximum atomic E-state index is 13.1. The molecule has 2 aromatic heterocycles. The summed E-state index contributed by atoms with van der Waals surface area (Å²) in [7, 11) is 0. The zero-order valence-corrected chi connectivity index (χ0v) is 16.1. The average Bonchev–Trinajstić information content (AvgIpc) is 3.08. The van der Waals surface area contributed by atoms with Crippen molar-refractivity contribution < 1.29 is 9.21 Å². The van der Waals surface area contributed by atoms with Crippen LogP contribution in [0.5, 0.6) is 0 Å². The molecule has 1 N–H and O–H groups in total. The molecule has 1 amide bonds. The molecule has 0 bridgehead atoms. The molecule has 1 saturated heterocycles. The Morgan fingerprint density at radius 1 is 1.30 bits per heavy atom. The number of nitrogens with one attached hydrogen (secondary N) is 1. The average molecular weight is 404 g/mol. The highest BCUT2D eigenvalue weighted by Crippen LogP contribution is 2.28. The van der Waals surface area contributed by atoms with Crippen molar-refractivity contribution in [3.63, 3.8) is 0 Å². The Kier molecular flexibility index (Phi) is 5.22. The van der Waals surface area contributed by atoms with Crippen molar-refractivity contribution in [2.75, 3.05) is 6.54 Å². The van der Waals surface area contributed by atoms with Crippen LogP contribution in [-0.4, -0.2) is 27.3 Å². The Bertz CT molecular complexity index is 1030. The quantitative estimate of drug-likeness (QED) is 0.675. The lowest BCUT2D eigenvalue weighted by molar-refractivity contribution is -0.120. The Morgan fingerprint density at radius 3 is 3.00 bits per heavy atom. The van der Waals surface area contributed by atoms with E-state index in [-0.39, 0.29) is 23.3 Å². The van der Waals surface area contributed by atoms with Gasteiger partial charge < -0.3 is 9.73 Å². The van der Waals surface area contributed by atoms with Gasteiger partial charge >= 0.3 is 0 Å². The third-order valence-corrected chi connectivity index (χ3v) is 6.00. The van der Waals surface area contributed by atoms with Gasteiger partial charge in [-0.15, -0.1) is 0 Å². The topological polar surface area (TPSA) is 77.1 Å². The highest BCUT2D eigenvalue weighted by molar-refractivity contribution is 8.00. The highest BCUT2D eigenvalue weighted by Gasteiger charge is 2.25. The number of aromatic nitrogens is 2. The lowest BCUT2D eigenvalue weighted by atomic mass is 10.2. The summed E-state index contributed by atoms with van der Waals surface area (Å²) < 4.78 is 6.98. The van der Waals surface area contributed by atoms with Crippen LogP contribution in [-0.2, 0) is 11.3 Å². The molecule has 0 aliphatic carbocycles. The number of nitrogens with zero attached hydrogens (tertiary/aromatic N) is 2. The van der Waals surface area contributed by atoms with Crippen LogP contribution in [0.3, 0.4) is 0 Å². The van der Waals surface area contributed by atoms with Crippen LogP contribution < -0.4 is 10.9 Å². The number of carbonyl (C=O) groups is 1. The van der Waals surface area contributed by atoms with Gasteiger partial charge in [-0.25, -0.2) is 4.98 Å². The summed E-state index contributed by atoms with van der Waals surface area (Å²) in [5, 5.41) is 4.14. The molecule has 0 radical (unpaired) electrons. The molecule has 140 valence electrons. The van der Waals surface area contributed by atoms with E-state index in [9.17, 15) is 9.59 Å². The normalized spacial score (nSPS) is 17.7. The molecule has 0 saturated carbocycles. The number of fused-ring (bicyclic) bond motifs is 1. The van der Waals surface area contributed by atoms with Crippen molar-refractivity contribution in [2.45, 2.75) is 36.2 Å². The lowest BCUT2D eigenvalue weighted by Gasteiger charge is -2.16. The first kappa shape index (κ1) is 18.1. The Morgan fingerprint density at radius 2 is 2.19 bits per heavy atom. The molecule has 3 heterocycles. The van der Waals surface area contributed by atoms with Crippen LogP contribution in [0.15, 0.2) is 51.0 Å². The maximum Gasteiger partial charge on any atom is 0.262 e. The monoisotopic (exact) mass is 403 g/mol. The number of benzene rings is 1. The molecule has 4 rings (SSSR count). The number of carbonyl (C=O) groups excluding carboxylic acids is 1. The van der Waals surface area contributed by atoms with E-state index in [2.05, 4.69) is 10.3 Å². The fraction of sp³-hybridized carbons (Fsp3) is 0.316. The van der Waals surface area contributed by atoms with E-state index in [0.717, 1.165) is 19.3 Å². The van der Waals surface area contributed by atoms with Gasteiger partial charge in [0.1, 0.15) is 5.76 Å². The second kappa shape index (κ2) is 7.78. The van der Waals surface area contributed by atoms with Crippen LogP contribution >= 0.6 is 23.4 Å². The molecule has 27 heavy (non-hydrogen) atoms. The van der Waals surface area contributed by atoms with Crippen molar-refractivity contribution in [1.29, 1.82) is 0 Å². The summed E-state index contributed by atoms with van der Waals surface area (Å²) in [5.74, 6) is 0.641. The van der Waals surface area contributed by atoms with Gasteiger partial charge in [-0.2, -0.15) is 0 Å².